The van der Waals surface area contributed by atoms with Crippen LogP contribution in [0.3, 0.4) is 0 Å². The normalized spacial score (nSPS) is 19.5. The van der Waals surface area contributed by atoms with Crippen molar-refractivity contribution in [3.63, 3.8) is 0 Å². The Bertz CT molecular complexity index is 1860. The topological polar surface area (TPSA) is 266 Å². The van der Waals surface area contributed by atoms with E-state index in [2.05, 4.69) is 15.5 Å². The fraction of sp³-hybridized carbons (Fsp3) is 0.241. The zero-order chi connectivity index (χ0) is 34.7. The molecule has 1 saturated carbocycles. The van der Waals surface area contributed by atoms with Crippen LogP contribution in [0.1, 0.15) is 17.4 Å². The zero-order valence-electron chi connectivity index (χ0n) is 24.3. The van der Waals surface area contributed by atoms with Crippen LogP contribution in [0.15, 0.2) is 69.3 Å². The molecule has 1 aliphatic carbocycles. The molecule has 0 bridgehead atoms. The number of carbonyl (C=O) groups excluding carboxylic acids is 3. The van der Waals surface area contributed by atoms with Crippen molar-refractivity contribution in [2.24, 2.45) is 11.1 Å². The van der Waals surface area contributed by atoms with E-state index in [4.69, 9.17) is 15.7 Å². The van der Waals surface area contributed by atoms with E-state index in [9.17, 15) is 44.4 Å². The van der Waals surface area contributed by atoms with Crippen molar-refractivity contribution in [3.05, 3.63) is 70.5 Å². The number of carboxylic acids is 3. The standard InChI is InChI=1S/C29H25N5O11S3/c30-29-31-15(11-48-29)21(33-45-24(28(43)44)12-1-2-16(35)17(36)7-12)26(40)32-22-23(39)20-19(27(41)42)13(10-47-25(20)22)9-46-14-3-5-34(6-4-14)8-18(37)38/h1-7,11,20,22,24-25H,8-10H2,(H7-,30,31,32,33,35,36,37,38,40,41,42,43,44)/t20?,22?,24-,25?/m0/s1. The van der Waals surface area contributed by atoms with Crippen molar-refractivity contribution in [1.82, 2.24) is 10.3 Å². The number of rotatable bonds is 13. The molecule has 1 aliphatic heterocycles. The number of Topliss-reactive ketones (excluding diaryl/α,β-unsaturated/α-hetero) is 1. The van der Waals surface area contributed by atoms with Crippen LogP contribution < -0.4 is 20.7 Å². The highest BCUT2D eigenvalue weighted by Crippen LogP contribution is 2.46. The van der Waals surface area contributed by atoms with Crippen LogP contribution in [-0.2, 0) is 35.4 Å². The van der Waals surface area contributed by atoms with Crippen molar-refractivity contribution in [2.45, 2.75) is 28.8 Å². The van der Waals surface area contributed by atoms with Gasteiger partial charge in [-0.25, -0.2) is 14.6 Å². The molecule has 2 aromatic heterocycles. The first-order valence-corrected chi connectivity index (χ1v) is 16.7. The van der Waals surface area contributed by atoms with E-state index in [1.807, 2.05) is 0 Å². The molecule has 7 N–H and O–H groups in total. The van der Waals surface area contributed by atoms with Crippen molar-refractivity contribution in [2.75, 3.05) is 17.2 Å². The Hall–Kier alpha value is -5.14. The van der Waals surface area contributed by atoms with Gasteiger partial charge in [-0.3, -0.25) is 9.59 Å². The maximum absolute atomic E-state index is 13.5. The lowest BCUT2D eigenvalue weighted by atomic mass is 9.71. The monoisotopic (exact) mass is 715 g/mol. The van der Waals surface area contributed by atoms with Gasteiger partial charge in [0.25, 0.3) is 5.91 Å². The van der Waals surface area contributed by atoms with E-state index in [0.717, 1.165) is 28.4 Å². The Balaban J connectivity index is 1.32. The molecule has 4 atom stereocenters. The molecule has 0 radical (unpaired) electrons. The minimum atomic E-state index is -1.83. The van der Waals surface area contributed by atoms with Gasteiger partial charge < -0.3 is 46.2 Å². The maximum atomic E-state index is 13.5. The van der Waals surface area contributed by atoms with Crippen LogP contribution >= 0.6 is 34.9 Å². The van der Waals surface area contributed by atoms with Crippen LogP contribution in [0.25, 0.3) is 0 Å². The molecule has 1 fully saturated rings. The van der Waals surface area contributed by atoms with E-state index in [0.29, 0.717) is 5.57 Å². The number of aromatic nitrogens is 2. The first kappa shape index (κ1) is 34.2. The Morgan fingerprint density at radius 2 is 1.90 bits per heavy atom. The van der Waals surface area contributed by atoms with Gasteiger partial charge in [-0.05, 0) is 23.3 Å². The number of aliphatic carboxylic acids is 3. The summed E-state index contributed by atoms with van der Waals surface area (Å²) in [6, 6.07) is 5.42. The fourth-order valence-corrected chi connectivity index (χ4v) is 8.07. The highest BCUT2D eigenvalue weighted by atomic mass is 32.2. The molecule has 48 heavy (non-hydrogen) atoms. The van der Waals surface area contributed by atoms with Crippen LogP contribution in [-0.4, -0.2) is 83.5 Å². The number of phenols is 2. The first-order chi connectivity index (χ1) is 22.8. The number of benzene rings is 1. The van der Waals surface area contributed by atoms with E-state index in [1.54, 1.807) is 24.5 Å². The summed E-state index contributed by atoms with van der Waals surface area (Å²) in [4.78, 5) is 71.8. The molecule has 0 spiro atoms. The quantitative estimate of drug-likeness (QED) is 0.0436. The number of phenolic OH excluding ortho intramolecular Hbond substituents is 2. The number of nitrogens with one attached hydrogen (secondary N) is 1. The third-order valence-corrected chi connectivity index (χ3v) is 10.5. The van der Waals surface area contributed by atoms with Gasteiger partial charge in [-0.15, -0.1) is 23.1 Å². The molecule has 1 amide bonds. The molecule has 3 heterocycles. The summed E-state index contributed by atoms with van der Waals surface area (Å²) in [5, 5.41) is 57.2. The number of amides is 1. The third kappa shape index (κ3) is 7.37. The van der Waals surface area contributed by atoms with Crippen LogP contribution in [0.2, 0.25) is 0 Å². The Morgan fingerprint density at radius 3 is 2.50 bits per heavy atom. The molecule has 3 aromatic rings. The molecule has 5 rings (SSSR count). The summed E-state index contributed by atoms with van der Waals surface area (Å²) < 4.78 is 1.47. The number of thioether (sulfide) groups is 2. The Kier molecular flexibility index (Phi) is 10.2. The van der Waals surface area contributed by atoms with E-state index < -0.39 is 70.1 Å². The number of aromatic hydroxyl groups is 2. The molecule has 1 aromatic carbocycles. The average Bonchev–Trinajstić information content (AvgIpc) is 3.47. The minimum Gasteiger partial charge on any atom is -0.545 e. The van der Waals surface area contributed by atoms with Gasteiger partial charge in [0.15, 0.2) is 40.5 Å². The average molecular weight is 716 g/mol. The number of carbonyl (C=O) groups is 5. The summed E-state index contributed by atoms with van der Waals surface area (Å²) in [7, 11) is 0. The van der Waals surface area contributed by atoms with Crippen molar-refractivity contribution in [1.29, 1.82) is 0 Å². The van der Waals surface area contributed by atoms with Crippen LogP contribution in [0, 0.1) is 5.92 Å². The predicted molar refractivity (Wildman–Crippen MR) is 168 cm³/mol. The molecular weight excluding hydrogens is 691 g/mol. The Morgan fingerprint density at radius 1 is 1.17 bits per heavy atom. The van der Waals surface area contributed by atoms with Gasteiger partial charge in [0.2, 0.25) is 12.6 Å². The fourth-order valence-electron chi connectivity index (χ4n) is 4.97. The number of nitrogens with zero attached hydrogens (tertiary/aromatic N) is 3. The lowest BCUT2D eigenvalue weighted by Gasteiger charge is -2.47. The number of thiazole rings is 1. The zero-order valence-corrected chi connectivity index (χ0v) is 26.8. The molecule has 0 saturated heterocycles. The van der Waals surface area contributed by atoms with E-state index >= 15 is 0 Å². The highest BCUT2D eigenvalue weighted by molar-refractivity contribution is 8.01. The number of fused-ring (bicyclic) bond motifs is 1. The van der Waals surface area contributed by atoms with Crippen molar-refractivity contribution < 1.29 is 58.9 Å². The highest BCUT2D eigenvalue weighted by Gasteiger charge is 2.55. The number of carboxylic acid groups (broad SMARTS) is 3. The molecular formula is C29H25N5O11S3. The lowest BCUT2D eigenvalue weighted by Crippen LogP contribution is -2.66. The number of ketones is 1. The van der Waals surface area contributed by atoms with Gasteiger partial charge in [0.1, 0.15) is 11.7 Å². The molecule has 3 unspecified atom stereocenters. The smallest absolute Gasteiger partial charge is 0.370 e. The number of anilines is 1. The van der Waals surface area contributed by atoms with Gasteiger partial charge in [0.05, 0.1) is 11.9 Å². The van der Waals surface area contributed by atoms with Gasteiger partial charge in [-0.1, -0.05) is 11.2 Å². The van der Waals surface area contributed by atoms with Gasteiger partial charge >= 0.3 is 11.9 Å². The number of oxime groups is 1. The second-order valence-corrected chi connectivity index (χ2v) is 13.5. The van der Waals surface area contributed by atoms with Crippen molar-refractivity contribution in [3.8, 4) is 11.5 Å². The molecule has 19 heteroatoms. The predicted octanol–water partition coefficient (Wildman–Crippen LogP) is -0.307. The van der Waals surface area contributed by atoms with E-state index in [1.165, 1.54) is 39.5 Å². The number of pyridine rings is 1. The lowest BCUT2D eigenvalue weighted by molar-refractivity contribution is -0.686. The molecule has 250 valence electrons. The summed E-state index contributed by atoms with van der Waals surface area (Å²) >= 11 is 3.55. The summed E-state index contributed by atoms with van der Waals surface area (Å²) in [5.74, 6) is -7.28. The second kappa shape index (κ2) is 14.3. The van der Waals surface area contributed by atoms with Gasteiger partial charge in [-0.2, -0.15) is 16.3 Å². The van der Waals surface area contributed by atoms with E-state index in [-0.39, 0.29) is 40.0 Å². The molecule has 16 nitrogen and oxygen atoms in total. The summed E-state index contributed by atoms with van der Waals surface area (Å²) in [5.41, 5.74) is 5.34. The van der Waals surface area contributed by atoms with Gasteiger partial charge in [0, 0.05) is 44.7 Å². The number of nitrogen functional groups attached to an aromatic ring is 1. The number of nitrogens with two attached hydrogens (primary N) is 1. The maximum Gasteiger partial charge on any atom is 0.370 e. The number of hydrogen-bond acceptors (Lipinski definition) is 15. The largest absolute Gasteiger partial charge is 0.545 e. The van der Waals surface area contributed by atoms with Crippen molar-refractivity contribution >= 4 is 75.3 Å². The second-order valence-electron chi connectivity index (χ2n) is 10.4. The van der Waals surface area contributed by atoms with Crippen LogP contribution in [0.5, 0.6) is 11.5 Å². The summed E-state index contributed by atoms with van der Waals surface area (Å²) in [6.07, 6.45) is 1.34. The molecule has 2 aliphatic rings. The first-order valence-electron chi connectivity index (χ1n) is 13.8. The SMILES string of the molecule is Nc1nc(/C(=N/O[C@H](C(=O)O)c2ccc(O)c(O)c2)C(=O)NC2C(=O)C3C(C(=O)[O-])=C(CSc4cc[n+](CC(=O)O)cc4)CSC23)cs1. The summed E-state index contributed by atoms with van der Waals surface area (Å²) in [6.45, 7) is -0.212. The van der Waals surface area contributed by atoms with Crippen LogP contribution in [0.4, 0.5) is 5.13 Å². The minimum absolute atomic E-state index is 0.0513. The third-order valence-electron chi connectivity index (χ3n) is 7.27. The number of hydrogen-bond donors (Lipinski definition) is 6. The Labute approximate surface area is 282 Å².